The van der Waals surface area contributed by atoms with Gasteiger partial charge in [-0.25, -0.2) is 0 Å². The molecule has 0 bridgehead atoms. The number of nitrogens with zero attached hydrogens (tertiary/aromatic N) is 1. The largest absolute Gasteiger partial charge is 0.496 e. The third-order valence-corrected chi connectivity index (χ3v) is 3.69. The Morgan fingerprint density at radius 1 is 1.50 bits per heavy atom. The number of carbonyl (C=O) groups is 2. The third kappa shape index (κ3) is 2.99. The molecule has 0 spiro atoms. The van der Waals surface area contributed by atoms with Crippen LogP contribution in [0.3, 0.4) is 0 Å². The summed E-state index contributed by atoms with van der Waals surface area (Å²) in [6.45, 7) is 5.47. The van der Waals surface area contributed by atoms with E-state index in [-0.39, 0.29) is 17.7 Å². The molecule has 20 heavy (non-hydrogen) atoms. The summed E-state index contributed by atoms with van der Waals surface area (Å²) in [7, 11) is 1.61. The first-order chi connectivity index (χ1) is 9.52. The van der Waals surface area contributed by atoms with Gasteiger partial charge in [-0.1, -0.05) is 0 Å². The van der Waals surface area contributed by atoms with Gasteiger partial charge in [-0.3, -0.25) is 14.5 Å². The Morgan fingerprint density at radius 3 is 2.90 bits per heavy atom. The van der Waals surface area contributed by atoms with Crippen LogP contribution in [0.2, 0.25) is 0 Å². The van der Waals surface area contributed by atoms with Gasteiger partial charge < -0.3 is 10.1 Å². The number of hydrogen-bond acceptors (Lipinski definition) is 4. The molecule has 1 fully saturated rings. The molecule has 1 saturated heterocycles. The van der Waals surface area contributed by atoms with Gasteiger partial charge in [0.15, 0.2) is 5.78 Å². The van der Waals surface area contributed by atoms with Gasteiger partial charge in [0.05, 0.1) is 13.2 Å². The second-order valence-corrected chi connectivity index (χ2v) is 5.02. The molecule has 1 heterocycles. The first kappa shape index (κ1) is 14.5. The number of methoxy groups -OCH3 is 1. The van der Waals surface area contributed by atoms with Crippen molar-refractivity contribution in [3.05, 3.63) is 29.3 Å². The molecule has 1 aromatic rings. The minimum absolute atomic E-state index is 0.0262. The lowest BCUT2D eigenvalue weighted by Crippen LogP contribution is -2.53. The summed E-state index contributed by atoms with van der Waals surface area (Å²) in [5, 5.41) is 2.84. The molecule has 1 aliphatic heterocycles. The number of nitrogens with one attached hydrogen (secondary N) is 1. The van der Waals surface area contributed by atoms with Crippen LogP contribution in [0.4, 0.5) is 0 Å². The van der Waals surface area contributed by atoms with Crippen LogP contribution in [0.25, 0.3) is 0 Å². The Labute approximate surface area is 118 Å². The van der Waals surface area contributed by atoms with E-state index in [1.165, 1.54) is 0 Å². The number of piperazine rings is 1. The summed E-state index contributed by atoms with van der Waals surface area (Å²) in [4.78, 5) is 25.3. The quantitative estimate of drug-likeness (QED) is 0.840. The summed E-state index contributed by atoms with van der Waals surface area (Å²) in [5.74, 6) is 0.810. The minimum atomic E-state index is -0.172. The molecule has 1 unspecified atom stereocenters. The molecule has 5 nitrogen and oxygen atoms in total. The molecule has 0 aromatic heterocycles. The van der Waals surface area contributed by atoms with Crippen LogP contribution < -0.4 is 10.1 Å². The Kier molecular flexibility index (Phi) is 4.39. The Balaban J connectivity index is 2.24. The predicted molar refractivity (Wildman–Crippen MR) is 75.9 cm³/mol. The Morgan fingerprint density at radius 2 is 2.25 bits per heavy atom. The Hall–Kier alpha value is -1.88. The molecule has 1 aromatic carbocycles. The standard InChI is InChI=1S/C15H20N2O3/c1-10-15(19)16-6-7-17(10)9-13-8-12(11(2)18)4-5-14(13)20-3/h4-5,8,10H,6-7,9H2,1-3H3,(H,16,19). The number of carbonyl (C=O) groups excluding carboxylic acids is 2. The molecule has 0 saturated carbocycles. The molecule has 108 valence electrons. The summed E-state index contributed by atoms with van der Waals surface area (Å²) in [5.41, 5.74) is 1.59. The van der Waals surface area contributed by atoms with Crippen molar-refractivity contribution in [2.75, 3.05) is 20.2 Å². The maximum Gasteiger partial charge on any atom is 0.237 e. The van der Waals surface area contributed by atoms with Gasteiger partial charge in [0.25, 0.3) is 0 Å². The van der Waals surface area contributed by atoms with E-state index in [0.29, 0.717) is 18.7 Å². The smallest absolute Gasteiger partial charge is 0.237 e. The van der Waals surface area contributed by atoms with Gasteiger partial charge in [-0.05, 0) is 32.0 Å². The number of rotatable bonds is 4. The lowest BCUT2D eigenvalue weighted by atomic mass is 10.1. The van der Waals surface area contributed by atoms with E-state index in [4.69, 9.17) is 4.74 Å². The number of hydrogen-bond donors (Lipinski definition) is 1. The molecule has 0 aliphatic carbocycles. The zero-order valence-electron chi connectivity index (χ0n) is 12.1. The van der Waals surface area contributed by atoms with Gasteiger partial charge in [0.1, 0.15) is 5.75 Å². The van der Waals surface area contributed by atoms with Crippen molar-refractivity contribution in [2.45, 2.75) is 26.4 Å². The van der Waals surface area contributed by atoms with Crippen molar-refractivity contribution < 1.29 is 14.3 Å². The molecule has 5 heteroatoms. The molecule has 1 N–H and O–H groups in total. The van der Waals surface area contributed by atoms with E-state index in [0.717, 1.165) is 17.9 Å². The first-order valence-electron chi connectivity index (χ1n) is 6.72. The molecular formula is C15H20N2O3. The molecular weight excluding hydrogens is 256 g/mol. The van der Waals surface area contributed by atoms with Crippen molar-refractivity contribution in [2.24, 2.45) is 0 Å². The lowest BCUT2D eigenvalue weighted by Gasteiger charge is -2.33. The van der Waals surface area contributed by atoms with Gasteiger partial charge in [0, 0.05) is 30.8 Å². The second-order valence-electron chi connectivity index (χ2n) is 5.02. The summed E-state index contributed by atoms with van der Waals surface area (Å²) in [6.07, 6.45) is 0. The van der Waals surface area contributed by atoms with Crippen LogP contribution in [0.15, 0.2) is 18.2 Å². The van der Waals surface area contributed by atoms with Crippen LogP contribution in [-0.2, 0) is 11.3 Å². The normalized spacial score (nSPS) is 19.6. The summed E-state index contributed by atoms with van der Waals surface area (Å²) < 4.78 is 5.35. The van der Waals surface area contributed by atoms with E-state index in [1.807, 2.05) is 13.0 Å². The van der Waals surface area contributed by atoms with Crippen molar-refractivity contribution in [3.63, 3.8) is 0 Å². The number of ether oxygens (including phenoxy) is 1. The summed E-state index contributed by atoms with van der Waals surface area (Å²) in [6, 6.07) is 5.24. The van der Waals surface area contributed by atoms with Gasteiger partial charge in [-0.15, -0.1) is 0 Å². The number of amides is 1. The first-order valence-corrected chi connectivity index (χ1v) is 6.72. The molecule has 1 amide bonds. The average Bonchev–Trinajstić information content (AvgIpc) is 2.43. The second kappa shape index (κ2) is 6.05. The fourth-order valence-corrected chi connectivity index (χ4v) is 2.39. The third-order valence-electron chi connectivity index (χ3n) is 3.69. The van der Waals surface area contributed by atoms with Crippen LogP contribution in [0, 0.1) is 0 Å². The van der Waals surface area contributed by atoms with E-state index >= 15 is 0 Å². The average molecular weight is 276 g/mol. The monoisotopic (exact) mass is 276 g/mol. The SMILES string of the molecule is COc1ccc(C(C)=O)cc1CN1CCNC(=O)C1C. The van der Waals surface area contributed by atoms with Crippen LogP contribution >= 0.6 is 0 Å². The minimum Gasteiger partial charge on any atom is -0.496 e. The van der Waals surface area contributed by atoms with E-state index in [1.54, 1.807) is 26.2 Å². The highest BCUT2D eigenvalue weighted by atomic mass is 16.5. The zero-order valence-corrected chi connectivity index (χ0v) is 12.1. The van der Waals surface area contributed by atoms with Gasteiger partial charge in [0.2, 0.25) is 5.91 Å². The molecule has 0 radical (unpaired) electrons. The number of benzene rings is 1. The van der Waals surface area contributed by atoms with E-state index in [2.05, 4.69) is 10.2 Å². The van der Waals surface area contributed by atoms with Gasteiger partial charge >= 0.3 is 0 Å². The van der Waals surface area contributed by atoms with Crippen molar-refractivity contribution in [1.82, 2.24) is 10.2 Å². The number of Topliss-reactive ketones (excluding diaryl/α,β-unsaturated/α-hetero) is 1. The number of ketones is 1. The van der Waals surface area contributed by atoms with Crippen LogP contribution in [0.1, 0.15) is 29.8 Å². The fraction of sp³-hybridized carbons (Fsp3) is 0.467. The van der Waals surface area contributed by atoms with Crippen LogP contribution in [0.5, 0.6) is 5.75 Å². The van der Waals surface area contributed by atoms with Crippen molar-refractivity contribution in [1.29, 1.82) is 0 Å². The Bertz CT molecular complexity index is 528. The highest BCUT2D eigenvalue weighted by molar-refractivity contribution is 5.94. The topological polar surface area (TPSA) is 58.6 Å². The highest BCUT2D eigenvalue weighted by Crippen LogP contribution is 2.23. The maximum atomic E-state index is 11.7. The van der Waals surface area contributed by atoms with Crippen molar-refractivity contribution >= 4 is 11.7 Å². The lowest BCUT2D eigenvalue weighted by molar-refractivity contribution is -0.128. The molecule has 2 rings (SSSR count). The predicted octanol–water partition coefficient (Wildman–Crippen LogP) is 1.22. The van der Waals surface area contributed by atoms with Gasteiger partial charge in [-0.2, -0.15) is 0 Å². The zero-order chi connectivity index (χ0) is 14.7. The molecule has 1 aliphatic rings. The van der Waals surface area contributed by atoms with E-state index < -0.39 is 0 Å². The van der Waals surface area contributed by atoms with Crippen molar-refractivity contribution in [3.8, 4) is 5.75 Å². The highest BCUT2D eigenvalue weighted by Gasteiger charge is 2.26. The fourth-order valence-electron chi connectivity index (χ4n) is 2.39. The summed E-state index contributed by atoms with van der Waals surface area (Å²) >= 11 is 0. The van der Waals surface area contributed by atoms with Crippen LogP contribution in [-0.4, -0.2) is 42.8 Å². The molecule has 1 atom stereocenters. The maximum absolute atomic E-state index is 11.7. The van der Waals surface area contributed by atoms with E-state index in [9.17, 15) is 9.59 Å².